The summed E-state index contributed by atoms with van der Waals surface area (Å²) in [4.78, 5) is 2.49. The zero-order valence-electron chi connectivity index (χ0n) is 10.8. The van der Waals surface area contributed by atoms with Gasteiger partial charge in [-0.05, 0) is 44.2 Å². The van der Waals surface area contributed by atoms with E-state index in [2.05, 4.69) is 25.8 Å². The standard InChI is InChI=1S/C13H28N2/c1-4-8-13(2,10-14)11-15(3)9-12-6-5-7-12/h12H,4-11,14H2,1-3H3. The van der Waals surface area contributed by atoms with Crippen molar-refractivity contribution in [3.63, 3.8) is 0 Å². The third kappa shape index (κ3) is 4.12. The van der Waals surface area contributed by atoms with Gasteiger partial charge < -0.3 is 10.6 Å². The molecule has 1 aliphatic rings. The largest absolute Gasteiger partial charge is 0.330 e. The van der Waals surface area contributed by atoms with Crippen LogP contribution >= 0.6 is 0 Å². The molecule has 0 spiro atoms. The molecular weight excluding hydrogens is 184 g/mol. The molecule has 0 aromatic carbocycles. The van der Waals surface area contributed by atoms with Crippen molar-refractivity contribution in [2.45, 2.75) is 46.0 Å². The van der Waals surface area contributed by atoms with E-state index in [4.69, 9.17) is 5.73 Å². The van der Waals surface area contributed by atoms with Crippen LogP contribution in [0.3, 0.4) is 0 Å². The Hall–Kier alpha value is -0.0800. The molecule has 1 atom stereocenters. The van der Waals surface area contributed by atoms with Crippen LogP contribution in [0, 0.1) is 11.3 Å². The maximum Gasteiger partial charge on any atom is 0.00445 e. The molecule has 1 rings (SSSR count). The highest BCUT2D eigenvalue weighted by molar-refractivity contribution is 4.80. The van der Waals surface area contributed by atoms with Crippen LogP contribution in [0.4, 0.5) is 0 Å². The van der Waals surface area contributed by atoms with E-state index in [9.17, 15) is 0 Å². The van der Waals surface area contributed by atoms with Crippen molar-refractivity contribution in [1.82, 2.24) is 4.90 Å². The lowest BCUT2D eigenvalue weighted by molar-refractivity contribution is 0.141. The van der Waals surface area contributed by atoms with Crippen LogP contribution in [0.5, 0.6) is 0 Å². The Morgan fingerprint density at radius 2 is 2.07 bits per heavy atom. The fourth-order valence-electron chi connectivity index (χ4n) is 2.68. The maximum absolute atomic E-state index is 5.89. The lowest BCUT2D eigenvalue weighted by Crippen LogP contribution is -2.41. The van der Waals surface area contributed by atoms with Gasteiger partial charge in [0.15, 0.2) is 0 Å². The molecular formula is C13H28N2. The van der Waals surface area contributed by atoms with Gasteiger partial charge in [-0.2, -0.15) is 0 Å². The van der Waals surface area contributed by atoms with E-state index in [0.717, 1.165) is 19.0 Å². The zero-order valence-corrected chi connectivity index (χ0v) is 10.8. The van der Waals surface area contributed by atoms with Crippen LogP contribution in [0.1, 0.15) is 46.0 Å². The predicted octanol–water partition coefficient (Wildman–Crippen LogP) is 2.48. The minimum atomic E-state index is 0.327. The summed E-state index contributed by atoms with van der Waals surface area (Å²) in [6.45, 7) is 7.83. The molecule has 0 amide bonds. The van der Waals surface area contributed by atoms with E-state index in [1.165, 1.54) is 38.6 Å². The average Bonchev–Trinajstić information content (AvgIpc) is 2.12. The Morgan fingerprint density at radius 1 is 1.40 bits per heavy atom. The van der Waals surface area contributed by atoms with E-state index in [1.54, 1.807) is 0 Å². The molecule has 0 aromatic rings. The number of nitrogens with zero attached hydrogens (tertiary/aromatic N) is 1. The summed E-state index contributed by atoms with van der Waals surface area (Å²) in [7, 11) is 2.25. The first-order valence-electron chi connectivity index (χ1n) is 6.48. The Kier molecular flexibility index (Phi) is 5.07. The Balaban J connectivity index is 2.28. The summed E-state index contributed by atoms with van der Waals surface area (Å²) in [5, 5.41) is 0. The molecule has 0 heterocycles. The summed E-state index contributed by atoms with van der Waals surface area (Å²) in [5.74, 6) is 0.971. The number of hydrogen-bond donors (Lipinski definition) is 1. The van der Waals surface area contributed by atoms with E-state index < -0.39 is 0 Å². The van der Waals surface area contributed by atoms with Crippen LogP contribution < -0.4 is 5.73 Å². The number of hydrogen-bond acceptors (Lipinski definition) is 2. The Morgan fingerprint density at radius 3 is 2.47 bits per heavy atom. The molecule has 0 aliphatic heterocycles. The van der Waals surface area contributed by atoms with Gasteiger partial charge in [0.05, 0.1) is 0 Å². The predicted molar refractivity (Wildman–Crippen MR) is 66.9 cm³/mol. The maximum atomic E-state index is 5.89. The molecule has 90 valence electrons. The molecule has 2 nitrogen and oxygen atoms in total. The average molecular weight is 212 g/mol. The van der Waals surface area contributed by atoms with Crippen molar-refractivity contribution in [1.29, 1.82) is 0 Å². The van der Waals surface area contributed by atoms with E-state index in [-0.39, 0.29) is 0 Å². The summed E-state index contributed by atoms with van der Waals surface area (Å²) in [6.07, 6.45) is 6.82. The second kappa shape index (κ2) is 5.86. The molecule has 2 heteroatoms. The van der Waals surface area contributed by atoms with Crippen molar-refractivity contribution in [2.24, 2.45) is 17.1 Å². The molecule has 1 fully saturated rings. The number of rotatable bonds is 7. The van der Waals surface area contributed by atoms with Crippen LogP contribution in [0.25, 0.3) is 0 Å². The summed E-state index contributed by atoms with van der Waals surface area (Å²) in [5.41, 5.74) is 6.22. The molecule has 0 bridgehead atoms. The summed E-state index contributed by atoms with van der Waals surface area (Å²) >= 11 is 0. The first-order chi connectivity index (χ1) is 7.09. The van der Waals surface area contributed by atoms with Gasteiger partial charge in [-0.3, -0.25) is 0 Å². The minimum Gasteiger partial charge on any atom is -0.330 e. The zero-order chi connectivity index (χ0) is 11.3. The van der Waals surface area contributed by atoms with Crippen molar-refractivity contribution in [2.75, 3.05) is 26.7 Å². The molecule has 0 radical (unpaired) electrons. The van der Waals surface area contributed by atoms with Crippen molar-refractivity contribution in [3.05, 3.63) is 0 Å². The van der Waals surface area contributed by atoms with Gasteiger partial charge in [0.2, 0.25) is 0 Å². The van der Waals surface area contributed by atoms with E-state index in [0.29, 0.717) is 5.41 Å². The van der Waals surface area contributed by atoms with Crippen molar-refractivity contribution in [3.8, 4) is 0 Å². The highest BCUT2D eigenvalue weighted by atomic mass is 15.1. The van der Waals surface area contributed by atoms with Crippen LogP contribution in [0.2, 0.25) is 0 Å². The third-order valence-corrected chi connectivity index (χ3v) is 3.79. The lowest BCUT2D eigenvalue weighted by Gasteiger charge is -2.36. The molecule has 0 saturated heterocycles. The summed E-state index contributed by atoms with van der Waals surface area (Å²) < 4.78 is 0. The topological polar surface area (TPSA) is 29.3 Å². The monoisotopic (exact) mass is 212 g/mol. The quantitative estimate of drug-likeness (QED) is 0.702. The SMILES string of the molecule is CCCC(C)(CN)CN(C)CC1CCC1. The molecule has 1 saturated carbocycles. The van der Waals surface area contributed by atoms with E-state index >= 15 is 0 Å². The molecule has 1 unspecified atom stereocenters. The van der Waals surface area contributed by atoms with E-state index in [1.807, 2.05) is 0 Å². The van der Waals surface area contributed by atoms with Gasteiger partial charge in [-0.15, -0.1) is 0 Å². The van der Waals surface area contributed by atoms with Crippen molar-refractivity contribution < 1.29 is 0 Å². The fourth-order valence-corrected chi connectivity index (χ4v) is 2.68. The highest BCUT2D eigenvalue weighted by Gasteiger charge is 2.26. The van der Waals surface area contributed by atoms with Crippen LogP contribution in [-0.4, -0.2) is 31.6 Å². The molecule has 0 aromatic heterocycles. The van der Waals surface area contributed by atoms with Gasteiger partial charge in [0, 0.05) is 13.1 Å². The minimum absolute atomic E-state index is 0.327. The second-order valence-corrected chi connectivity index (χ2v) is 5.76. The number of nitrogens with two attached hydrogens (primary N) is 1. The normalized spacial score (nSPS) is 21.4. The fraction of sp³-hybridized carbons (Fsp3) is 1.00. The Labute approximate surface area is 95.2 Å². The van der Waals surface area contributed by atoms with Gasteiger partial charge in [-0.1, -0.05) is 26.7 Å². The van der Waals surface area contributed by atoms with Gasteiger partial charge in [0.1, 0.15) is 0 Å². The third-order valence-electron chi connectivity index (χ3n) is 3.79. The molecule has 2 N–H and O–H groups in total. The summed E-state index contributed by atoms with van der Waals surface area (Å²) in [6, 6.07) is 0. The van der Waals surface area contributed by atoms with Gasteiger partial charge in [0.25, 0.3) is 0 Å². The first kappa shape index (κ1) is 13.0. The van der Waals surface area contributed by atoms with Gasteiger partial charge >= 0.3 is 0 Å². The molecule has 1 aliphatic carbocycles. The van der Waals surface area contributed by atoms with Crippen LogP contribution in [0.15, 0.2) is 0 Å². The second-order valence-electron chi connectivity index (χ2n) is 5.76. The Bertz CT molecular complexity index is 177. The van der Waals surface area contributed by atoms with Crippen molar-refractivity contribution >= 4 is 0 Å². The smallest absolute Gasteiger partial charge is 0.00445 e. The van der Waals surface area contributed by atoms with Crippen LogP contribution in [-0.2, 0) is 0 Å². The van der Waals surface area contributed by atoms with Gasteiger partial charge in [-0.25, -0.2) is 0 Å². The first-order valence-corrected chi connectivity index (χ1v) is 6.48. The molecule has 15 heavy (non-hydrogen) atoms. The highest BCUT2D eigenvalue weighted by Crippen LogP contribution is 2.28. The lowest BCUT2D eigenvalue weighted by atomic mass is 9.82.